The molecule has 0 aromatic carbocycles. The minimum absolute atomic E-state index is 0.183. The second-order valence-electron chi connectivity index (χ2n) is 5.42. The molecule has 1 aliphatic heterocycles. The number of aryl methyl sites for hydroxylation is 1. The van der Waals surface area contributed by atoms with Gasteiger partial charge in [0.25, 0.3) is 5.56 Å². The van der Waals surface area contributed by atoms with Crippen molar-refractivity contribution in [1.29, 1.82) is 0 Å². The van der Waals surface area contributed by atoms with Crippen LogP contribution in [0.3, 0.4) is 0 Å². The fourth-order valence-corrected chi connectivity index (χ4v) is 2.67. The summed E-state index contributed by atoms with van der Waals surface area (Å²) in [5.74, 6) is 0. The van der Waals surface area contributed by atoms with E-state index in [0.29, 0.717) is 12.0 Å². The van der Waals surface area contributed by atoms with E-state index in [4.69, 9.17) is 4.74 Å². The molecule has 0 aliphatic carbocycles. The van der Waals surface area contributed by atoms with Gasteiger partial charge in [0.05, 0.1) is 18.8 Å². The number of aromatic nitrogens is 5. The number of aliphatic hydroxyl groups is 1. The predicted molar refractivity (Wildman–Crippen MR) is 75.5 cm³/mol. The summed E-state index contributed by atoms with van der Waals surface area (Å²) in [6.07, 6.45) is 1.90. The van der Waals surface area contributed by atoms with Crippen LogP contribution in [-0.4, -0.2) is 42.4 Å². The molecule has 0 unspecified atom stereocenters. The van der Waals surface area contributed by atoms with E-state index >= 15 is 0 Å². The number of rotatable bonds is 4. The number of aromatic amines is 1. The van der Waals surface area contributed by atoms with Crippen molar-refractivity contribution >= 4 is 0 Å². The van der Waals surface area contributed by atoms with Crippen molar-refractivity contribution < 1.29 is 14.2 Å². The maximum Gasteiger partial charge on any atom is 0.330 e. The first-order chi connectivity index (χ1) is 11.0. The first-order valence-electron chi connectivity index (χ1n) is 7.08. The third-order valence-electron chi connectivity index (χ3n) is 3.87. The van der Waals surface area contributed by atoms with Gasteiger partial charge in [0, 0.05) is 18.2 Å². The van der Waals surface area contributed by atoms with E-state index in [9.17, 15) is 19.1 Å². The third kappa shape index (κ3) is 2.82. The summed E-state index contributed by atoms with van der Waals surface area (Å²) in [5, 5.41) is 17.0. The van der Waals surface area contributed by atoms with Gasteiger partial charge in [0.2, 0.25) is 0 Å². The number of aliphatic hydroxyl groups excluding tert-OH is 1. The van der Waals surface area contributed by atoms with E-state index in [1.165, 1.54) is 21.6 Å². The van der Waals surface area contributed by atoms with Crippen molar-refractivity contribution in [2.75, 3.05) is 6.61 Å². The largest absolute Gasteiger partial charge is 0.394 e. The molecule has 3 rings (SSSR count). The number of nitrogens with zero attached hydrogens (tertiary/aromatic N) is 4. The molecule has 2 aromatic heterocycles. The van der Waals surface area contributed by atoms with Gasteiger partial charge >= 0.3 is 5.69 Å². The number of halogens is 1. The Morgan fingerprint density at radius 2 is 2.26 bits per heavy atom. The van der Waals surface area contributed by atoms with Crippen molar-refractivity contribution in [3.63, 3.8) is 0 Å². The summed E-state index contributed by atoms with van der Waals surface area (Å²) in [7, 11) is 0. The van der Waals surface area contributed by atoms with Gasteiger partial charge in [-0.3, -0.25) is 14.3 Å². The normalized spacial score (nSPS) is 24.2. The molecule has 2 aromatic rings. The molecule has 0 saturated carbocycles. The third-order valence-corrected chi connectivity index (χ3v) is 3.87. The zero-order valence-corrected chi connectivity index (χ0v) is 12.3. The maximum atomic E-state index is 12.6. The highest BCUT2D eigenvalue weighted by Crippen LogP contribution is 2.35. The van der Waals surface area contributed by atoms with E-state index in [2.05, 4.69) is 15.3 Å². The van der Waals surface area contributed by atoms with E-state index in [1.54, 1.807) is 6.92 Å². The summed E-state index contributed by atoms with van der Waals surface area (Å²) in [6.45, 7) is 0.554. The maximum absolute atomic E-state index is 12.6. The summed E-state index contributed by atoms with van der Waals surface area (Å²) >= 11 is 0. The number of nitrogens with one attached hydrogen (secondary N) is 1. The van der Waals surface area contributed by atoms with Gasteiger partial charge in [-0.05, 0) is 6.92 Å². The van der Waals surface area contributed by atoms with Crippen LogP contribution in [-0.2, 0) is 11.4 Å². The Kier molecular flexibility index (Phi) is 4.09. The first kappa shape index (κ1) is 15.6. The molecule has 0 radical (unpaired) electrons. The van der Waals surface area contributed by atoms with E-state index in [0.717, 1.165) is 0 Å². The second-order valence-corrected chi connectivity index (χ2v) is 5.42. The average molecular weight is 324 g/mol. The zero-order valence-electron chi connectivity index (χ0n) is 12.3. The van der Waals surface area contributed by atoms with E-state index in [1.807, 2.05) is 0 Å². The van der Waals surface area contributed by atoms with Gasteiger partial charge in [-0.25, -0.2) is 13.9 Å². The molecule has 0 bridgehead atoms. The number of H-pyrrole nitrogens is 1. The quantitative estimate of drug-likeness (QED) is 0.778. The van der Waals surface area contributed by atoms with Crippen LogP contribution in [0.4, 0.5) is 4.39 Å². The summed E-state index contributed by atoms with van der Waals surface area (Å²) in [6, 6.07) is -0.392. The topological polar surface area (TPSA) is 115 Å². The van der Waals surface area contributed by atoms with Crippen LogP contribution in [0.5, 0.6) is 0 Å². The van der Waals surface area contributed by atoms with E-state index in [-0.39, 0.29) is 12.3 Å². The molecule has 0 spiro atoms. The Labute approximate surface area is 129 Å². The molecule has 3 heterocycles. The summed E-state index contributed by atoms with van der Waals surface area (Å²) in [4.78, 5) is 25.6. The van der Waals surface area contributed by atoms with Gasteiger partial charge in [0.1, 0.15) is 24.7 Å². The smallest absolute Gasteiger partial charge is 0.330 e. The molecule has 2 N–H and O–H groups in total. The van der Waals surface area contributed by atoms with Gasteiger partial charge in [-0.1, -0.05) is 5.21 Å². The van der Waals surface area contributed by atoms with Crippen LogP contribution in [0.2, 0.25) is 0 Å². The SMILES string of the molecule is Cc1cn([C@H]2C[C@H](n3cc(C[18F])nn3)[C@@H](CO)O2)c(=O)[nH]c1=O. The molecule has 9 nitrogen and oxygen atoms in total. The van der Waals surface area contributed by atoms with Gasteiger partial charge < -0.3 is 9.84 Å². The predicted octanol–water partition coefficient (Wildman–Crippen LogP) is -0.573. The number of hydrogen-bond donors (Lipinski definition) is 2. The first-order valence-corrected chi connectivity index (χ1v) is 7.08. The minimum atomic E-state index is -0.737. The highest BCUT2D eigenvalue weighted by atomic mass is 18.2. The lowest BCUT2D eigenvalue weighted by molar-refractivity contribution is -0.0323. The highest BCUT2D eigenvalue weighted by Gasteiger charge is 2.38. The molecule has 1 saturated heterocycles. The molecule has 3 atom stereocenters. The van der Waals surface area contributed by atoms with Crippen LogP contribution in [0, 0.1) is 6.92 Å². The molecule has 1 fully saturated rings. The monoisotopic (exact) mass is 324 g/mol. The Morgan fingerprint density at radius 1 is 1.48 bits per heavy atom. The van der Waals surface area contributed by atoms with Crippen molar-refractivity contribution in [2.24, 2.45) is 0 Å². The number of ether oxygens (including phenoxy) is 1. The van der Waals surface area contributed by atoms with Crippen LogP contribution < -0.4 is 11.2 Å². The molecular weight excluding hydrogens is 308 g/mol. The standard InChI is InChI=1S/C13H16FN5O4/c1-7-4-18(13(22)15-12(7)21)11-2-9(10(6-20)23-11)19-5-8(3-14)16-17-19/h4-5,9-11,20H,2-3,6H2,1H3,(H,15,21,22)/t9-,10+,11+/m0/s1/i14-1. The Bertz CT molecular complexity index is 813. The Hall–Kier alpha value is -2.33. The van der Waals surface area contributed by atoms with Crippen LogP contribution in [0.15, 0.2) is 22.0 Å². The van der Waals surface area contributed by atoms with Crippen molar-refractivity contribution in [1.82, 2.24) is 24.5 Å². The molecular formula is C13H16FN5O4. The van der Waals surface area contributed by atoms with Gasteiger partial charge in [-0.15, -0.1) is 5.10 Å². The van der Waals surface area contributed by atoms with Crippen molar-refractivity contribution in [2.45, 2.75) is 38.4 Å². The molecule has 23 heavy (non-hydrogen) atoms. The van der Waals surface area contributed by atoms with Gasteiger partial charge in [-0.2, -0.15) is 0 Å². The Morgan fingerprint density at radius 3 is 2.91 bits per heavy atom. The molecule has 124 valence electrons. The second kappa shape index (κ2) is 6.05. The van der Waals surface area contributed by atoms with Crippen molar-refractivity contribution in [3.8, 4) is 0 Å². The van der Waals surface area contributed by atoms with Crippen LogP contribution in [0.1, 0.15) is 29.9 Å². The van der Waals surface area contributed by atoms with Crippen molar-refractivity contribution in [3.05, 3.63) is 44.5 Å². The lowest BCUT2D eigenvalue weighted by Gasteiger charge is -2.15. The number of hydrogen-bond acceptors (Lipinski definition) is 6. The van der Waals surface area contributed by atoms with Gasteiger partial charge in [0.15, 0.2) is 0 Å². The lowest BCUT2D eigenvalue weighted by atomic mass is 10.1. The fourth-order valence-electron chi connectivity index (χ4n) is 2.67. The summed E-state index contributed by atoms with van der Waals surface area (Å²) in [5.41, 5.74) is -0.491. The Balaban J connectivity index is 1.91. The molecule has 1 aliphatic rings. The minimum Gasteiger partial charge on any atom is -0.394 e. The van der Waals surface area contributed by atoms with Crippen LogP contribution >= 0.6 is 0 Å². The number of alkyl halides is 1. The van der Waals surface area contributed by atoms with Crippen LogP contribution in [0.25, 0.3) is 0 Å². The molecule has 0 amide bonds. The van der Waals surface area contributed by atoms with E-state index < -0.39 is 36.3 Å². The zero-order chi connectivity index (χ0) is 16.6. The summed E-state index contributed by atoms with van der Waals surface area (Å²) < 4.78 is 21.0. The average Bonchev–Trinajstić information content (AvgIpc) is 3.16. The highest BCUT2D eigenvalue weighted by molar-refractivity contribution is 5.02. The fraction of sp³-hybridized carbons (Fsp3) is 0.538. The molecule has 10 heteroatoms. The lowest BCUT2D eigenvalue weighted by Crippen LogP contribution is -2.33.